The number of alkyl halides is 9. The van der Waals surface area contributed by atoms with Crippen molar-refractivity contribution in [3.8, 4) is 0 Å². The summed E-state index contributed by atoms with van der Waals surface area (Å²) in [6.45, 7) is 0. The maximum absolute atomic E-state index is 13.3. The first-order chi connectivity index (χ1) is 11.8. The van der Waals surface area contributed by atoms with Crippen molar-refractivity contribution >= 4 is 11.6 Å². The molecule has 0 spiro atoms. The molecule has 0 aliphatic carbocycles. The lowest BCUT2D eigenvalue weighted by atomic mass is 9.84. The second-order valence-corrected chi connectivity index (χ2v) is 4.64. The van der Waals surface area contributed by atoms with E-state index in [1.165, 1.54) is 0 Å². The van der Waals surface area contributed by atoms with E-state index in [0.717, 1.165) is 0 Å². The van der Waals surface area contributed by atoms with Crippen molar-refractivity contribution in [3.63, 3.8) is 0 Å². The number of rotatable bonds is 2. The van der Waals surface area contributed by atoms with Gasteiger partial charge in [-0.2, -0.15) is 39.5 Å². The molecular weight excluding hydrogens is 428 g/mol. The summed E-state index contributed by atoms with van der Waals surface area (Å²) >= 11 is 0. The molecule has 1 amide bonds. The zero-order valence-corrected chi connectivity index (χ0v) is 11.7. The summed E-state index contributed by atoms with van der Waals surface area (Å²) in [4.78, 5) is 11.2. The van der Waals surface area contributed by atoms with E-state index < -0.39 is 64.6 Å². The zero-order valence-electron chi connectivity index (χ0n) is 11.7. The Hall–Kier alpha value is -2.29. The molecule has 0 atom stereocenters. The van der Waals surface area contributed by atoms with Gasteiger partial charge in [0.15, 0.2) is 23.3 Å². The molecule has 2 nitrogen and oxygen atoms in total. The first-order valence-electron chi connectivity index (χ1n) is 5.85. The molecule has 0 saturated carbocycles. The summed E-state index contributed by atoms with van der Waals surface area (Å²) < 4.78 is 179. The molecule has 16 heteroatoms. The molecule has 27 heavy (non-hydrogen) atoms. The molecule has 0 radical (unpaired) electrons. The maximum atomic E-state index is 13.3. The van der Waals surface area contributed by atoms with Crippen molar-refractivity contribution < 1.29 is 66.3 Å². The largest absolute Gasteiger partial charge is 0.421 e. The van der Waals surface area contributed by atoms with E-state index in [1.54, 1.807) is 0 Å². The predicted octanol–water partition coefficient (Wildman–Crippen LogP) is 4.99. The number of nitrogens with one attached hydrogen (secondary N) is 1. The number of halogens is 14. The molecule has 154 valence electrons. The van der Waals surface area contributed by atoms with Crippen molar-refractivity contribution in [2.45, 2.75) is 18.5 Å². The molecule has 0 aliphatic rings. The van der Waals surface area contributed by atoms with Crippen LogP contribution < -0.4 is 5.32 Å². The third kappa shape index (κ3) is 3.24. The van der Waals surface area contributed by atoms with Gasteiger partial charge in [0.05, 0.1) is 0 Å². The van der Waals surface area contributed by atoms with Gasteiger partial charge in [0.2, 0.25) is 5.82 Å². The highest BCUT2D eigenvalue weighted by Crippen LogP contribution is 2.59. The number of benzene rings is 1. The number of amides is 1. The highest BCUT2D eigenvalue weighted by Gasteiger charge is 2.88. The van der Waals surface area contributed by atoms with Crippen LogP contribution in [0.4, 0.5) is 67.2 Å². The quantitative estimate of drug-likeness (QED) is 0.401. The van der Waals surface area contributed by atoms with Gasteiger partial charge in [-0.3, -0.25) is 4.79 Å². The highest BCUT2D eigenvalue weighted by molar-refractivity contribution is 5.97. The third-order valence-corrected chi connectivity index (χ3v) is 3.06. The standard InChI is InChI=1S/C11HF14NO/c12-1-2(13)4(15)6(5(16)3(1)14)26-7(27)8(9(17,18)19,10(20,21)22)11(23,24)25/h(H,26,27). The summed E-state index contributed by atoms with van der Waals surface area (Å²) in [6, 6.07) is 0. The lowest BCUT2D eigenvalue weighted by molar-refractivity contribution is -0.405. The first-order valence-corrected chi connectivity index (χ1v) is 5.85. The number of hydrogen-bond acceptors (Lipinski definition) is 1. The second kappa shape index (κ2) is 6.40. The molecule has 1 aromatic rings. The van der Waals surface area contributed by atoms with Crippen LogP contribution in [0, 0.1) is 34.5 Å². The summed E-state index contributed by atoms with van der Waals surface area (Å²) in [5.41, 5.74) is -10.1. The van der Waals surface area contributed by atoms with Crippen molar-refractivity contribution in [2.75, 3.05) is 5.32 Å². The van der Waals surface area contributed by atoms with E-state index in [4.69, 9.17) is 0 Å². The summed E-state index contributed by atoms with van der Waals surface area (Å²) in [6.07, 6.45) is -22.4. The Bertz CT molecular complexity index is 693. The van der Waals surface area contributed by atoms with Crippen LogP contribution in [-0.2, 0) is 4.79 Å². The average molecular weight is 429 g/mol. The molecule has 0 unspecified atom stereocenters. The predicted molar refractivity (Wildman–Crippen MR) is 55.5 cm³/mol. The number of hydrogen-bond donors (Lipinski definition) is 1. The second-order valence-electron chi connectivity index (χ2n) is 4.64. The molecule has 1 rings (SSSR count). The minimum Gasteiger partial charge on any atom is -0.320 e. The molecular formula is C11HF14NO. The van der Waals surface area contributed by atoms with Gasteiger partial charge < -0.3 is 5.32 Å². The Labute approximate surface area is 137 Å². The smallest absolute Gasteiger partial charge is 0.320 e. The van der Waals surface area contributed by atoms with E-state index in [2.05, 4.69) is 0 Å². The molecule has 1 aromatic carbocycles. The number of carbonyl (C=O) groups is 1. The maximum Gasteiger partial charge on any atom is 0.421 e. The van der Waals surface area contributed by atoms with Crippen LogP contribution in [0.3, 0.4) is 0 Å². The third-order valence-electron chi connectivity index (χ3n) is 3.06. The van der Waals surface area contributed by atoms with E-state index >= 15 is 0 Å². The van der Waals surface area contributed by atoms with Crippen LogP contribution >= 0.6 is 0 Å². The summed E-state index contributed by atoms with van der Waals surface area (Å²) in [5.74, 6) is -19.3. The summed E-state index contributed by atoms with van der Waals surface area (Å²) in [7, 11) is 0. The Balaban J connectivity index is 3.76. The van der Waals surface area contributed by atoms with Crippen LogP contribution in [0.1, 0.15) is 0 Å². The normalized spacial score (nSPS) is 13.7. The van der Waals surface area contributed by atoms with Gasteiger partial charge in [-0.1, -0.05) is 0 Å². The highest BCUT2D eigenvalue weighted by atomic mass is 19.4. The van der Waals surface area contributed by atoms with E-state index in [9.17, 15) is 66.3 Å². The minimum atomic E-state index is -7.46. The fraction of sp³-hybridized carbons (Fsp3) is 0.364. The monoisotopic (exact) mass is 429 g/mol. The van der Waals surface area contributed by atoms with Crippen LogP contribution in [0.5, 0.6) is 0 Å². The number of carbonyl (C=O) groups excluding carboxylic acids is 1. The van der Waals surface area contributed by atoms with Crippen LogP contribution in [0.25, 0.3) is 0 Å². The average Bonchev–Trinajstić information content (AvgIpc) is 2.43. The first kappa shape index (κ1) is 22.8. The SMILES string of the molecule is O=C(Nc1c(F)c(F)c(F)c(F)c1F)C(C(F)(F)F)(C(F)(F)F)C(F)(F)F. The Kier molecular flexibility index (Phi) is 5.39. The van der Waals surface area contributed by atoms with Gasteiger partial charge in [0, 0.05) is 0 Å². The van der Waals surface area contributed by atoms with Crippen molar-refractivity contribution in [3.05, 3.63) is 29.1 Å². The lowest BCUT2D eigenvalue weighted by Crippen LogP contribution is -2.65. The fourth-order valence-corrected chi connectivity index (χ4v) is 1.79. The van der Waals surface area contributed by atoms with Crippen molar-refractivity contribution in [1.29, 1.82) is 0 Å². The van der Waals surface area contributed by atoms with Gasteiger partial charge in [-0.15, -0.1) is 0 Å². The molecule has 0 saturated heterocycles. The Morgan fingerprint density at radius 1 is 0.556 bits per heavy atom. The van der Waals surface area contributed by atoms with E-state index in [0.29, 0.717) is 0 Å². The van der Waals surface area contributed by atoms with Gasteiger partial charge in [-0.05, 0) is 0 Å². The molecule has 0 bridgehead atoms. The van der Waals surface area contributed by atoms with Crippen LogP contribution in [0.2, 0.25) is 0 Å². The van der Waals surface area contributed by atoms with Gasteiger partial charge in [0.25, 0.3) is 5.91 Å². The van der Waals surface area contributed by atoms with Crippen molar-refractivity contribution in [1.82, 2.24) is 0 Å². The Morgan fingerprint density at radius 2 is 0.815 bits per heavy atom. The zero-order chi connectivity index (χ0) is 21.7. The lowest BCUT2D eigenvalue weighted by Gasteiger charge is -2.36. The van der Waals surface area contributed by atoms with E-state index in [1.807, 2.05) is 0 Å². The molecule has 0 heterocycles. The van der Waals surface area contributed by atoms with Gasteiger partial charge in [0.1, 0.15) is 5.69 Å². The van der Waals surface area contributed by atoms with Gasteiger partial charge >= 0.3 is 23.9 Å². The van der Waals surface area contributed by atoms with Crippen LogP contribution in [0.15, 0.2) is 0 Å². The Morgan fingerprint density at radius 3 is 1.07 bits per heavy atom. The van der Waals surface area contributed by atoms with Crippen molar-refractivity contribution in [2.24, 2.45) is 5.41 Å². The fourth-order valence-electron chi connectivity index (χ4n) is 1.79. The topological polar surface area (TPSA) is 29.1 Å². The van der Waals surface area contributed by atoms with E-state index in [-0.39, 0.29) is 5.32 Å². The molecule has 1 N–H and O–H groups in total. The molecule has 0 fully saturated rings. The number of anilines is 1. The molecule has 0 aromatic heterocycles. The minimum absolute atomic E-state index is 0.148. The summed E-state index contributed by atoms with van der Waals surface area (Å²) in [5, 5.41) is -0.148. The molecule has 0 aliphatic heterocycles. The van der Waals surface area contributed by atoms with Gasteiger partial charge in [-0.25, -0.2) is 22.0 Å². The van der Waals surface area contributed by atoms with Crippen LogP contribution in [-0.4, -0.2) is 24.4 Å².